The first-order valence-corrected chi connectivity index (χ1v) is 6.19. The number of hydrogen-bond donors (Lipinski definition) is 4. The van der Waals surface area contributed by atoms with Crippen LogP contribution in [0.1, 0.15) is 20.3 Å². The second-order valence-electron chi connectivity index (χ2n) is 5.42. The van der Waals surface area contributed by atoms with Gasteiger partial charge in [0, 0.05) is 18.0 Å². The Labute approximate surface area is 116 Å². The van der Waals surface area contributed by atoms with Crippen LogP contribution in [0.15, 0.2) is 12.1 Å². The normalized spacial score (nSPS) is 14.0. The number of fused-ring (bicyclic) bond motifs is 1. The number of ether oxygens (including phenoxy) is 1. The quantitative estimate of drug-likeness (QED) is 0.603. The Morgan fingerprint density at radius 2 is 2.20 bits per heavy atom. The number of benzene rings is 1. The van der Waals surface area contributed by atoms with Gasteiger partial charge in [0.05, 0.1) is 17.1 Å². The molecule has 0 spiro atoms. The summed E-state index contributed by atoms with van der Waals surface area (Å²) in [7, 11) is 0. The molecule has 0 saturated heterocycles. The van der Waals surface area contributed by atoms with Gasteiger partial charge in [0.1, 0.15) is 5.75 Å². The fourth-order valence-electron chi connectivity index (χ4n) is 2.09. The minimum atomic E-state index is -0.548. The van der Waals surface area contributed by atoms with E-state index in [1.165, 1.54) is 0 Å². The standard InChI is InChI=1S/C13H18N4O3/c1-13(2,5-11(15)18)17-8-4-9-10(3-7(8)14)20-6-12(19)16-9/h3-4,17H,5-6,14H2,1-2H3,(H2,15,18)(H,16,19). The molecule has 0 bridgehead atoms. The number of carbonyl (C=O) groups excluding carboxylic acids is 2. The highest BCUT2D eigenvalue weighted by Gasteiger charge is 2.23. The molecule has 1 aliphatic heterocycles. The number of rotatable bonds is 4. The minimum absolute atomic E-state index is 0.0214. The molecule has 0 fully saturated rings. The molecule has 7 heteroatoms. The number of amides is 2. The number of nitrogens with one attached hydrogen (secondary N) is 2. The summed E-state index contributed by atoms with van der Waals surface area (Å²) in [6.07, 6.45) is 0.159. The third kappa shape index (κ3) is 3.11. The highest BCUT2D eigenvalue weighted by molar-refractivity contribution is 5.97. The van der Waals surface area contributed by atoms with Crippen molar-refractivity contribution in [3.8, 4) is 5.75 Å². The predicted octanol–water partition coefficient (Wildman–Crippen LogP) is 0.666. The van der Waals surface area contributed by atoms with E-state index in [1.807, 2.05) is 13.8 Å². The monoisotopic (exact) mass is 278 g/mol. The van der Waals surface area contributed by atoms with Crippen molar-refractivity contribution in [2.24, 2.45) is 5.73 Å². The zero-order chi connectivity index (χ0) is 14.9. The molecule has 1 heterocycles. The van der Waals surface area contributed by atoms with Crippen LogP contribution in [0, 0.1) is 0 Å². The van der Waals surface area contributed by atoms with Crippen LogP contribution in [0.5, 0.6) is 5.75 Å². The summed E-state index contributed by atoms with van der Waals surface area (Å²) in [5.74, 6) is -0.0966. The number of carbonyl (C=O) groups is 2. The molecule has 2 amide bonds. The molecule has 0 atom stereocenters. The average Bonchev–Trinajstić information content (AvgIpc) is 2.28. The molecule has 108 valence electrons. The fourth-order valence-corrected chi connectivity index (χ4v) is 2.09. The van der Waals surface area contributed by atoms with Gasteiger partial charge in [-0.2, -0.15) is 0 Å². The van der Waals surface area contributed by atoms with Crippen molar-refractivity contribution >= 4 is 28.9 Å². The van der Waals surface area contributed by atoms with E-state index in [9.17, 15) is 9.59 Å². The lowest BCUT2D eigenvalue weighted by atomic mass is 9.99. The first kappa shape index (κ1) is 14.0. The van der Waals surface area contributed by atoms with E-state index in [4.69, 9.17) is 16.2 Å². The summed E-state index contributed by atoms with van der Waals surface area (Å²) in [5.41, 5.74) is 12.2. The zero-order valence-electron chi connectivity index (χ0n) is 11.4. The first-order chi connectivity index (χ1) is 9.27. The van der Waals surface area contributed by atoms with Crippen LogP contribution in [0.2, 0.25) is 0 Å². The molecule has 1 aliphatic rings. The molecule has 0 unspecified atom stereocenters. The summed E-state index contributed by atoms with van der Waals surface area (Å²) in [6.45, 7) is 3.66. The summed E-state index contributed by atoms with van der Waals surface area (Å²) < 4.78 is 5.27. The van der Waals surface area contributed by atoms with Gasteiger partial charge in [0.25, 0.3) is 5.91 Å². The minimum Gasteiger partial charge on any atom is -0.482 e. The van der Waals surface area contributed by atoms with E-state index < -0.39 is 11.4 Å². The van der Waals surface area contributed by atoms with E-state index >= 15 is 0 Å². The maximum Gasteiger partial charge on any atom is 0.262 e. The van der Waals surface area contributed by atoms with Gasteiger partial charge in [-0.3, -0.25) is 9.59 Å². The van der Waals surface area contributed by atoms with Gasteiger partial charge in [0.15, 0.2) is 6.61 Å². The van der Waals surface area contributed by atoms with Crippen LogP contribution in [-0.4, -0.2) is 24.0 Å². The van der Waals surface area contributed by atoms with E-state index in [-0.39, 0.29) is 18.9 Å². The second kappa shape index (κ2) is 4.92. The molecule has 1 aromatic rings. The smallest absolute Gasteiger partial charge is 0.262 e. The Kier molecular flexibility index (Phi) is 3.44. The van der Waals surface area contributed by atoms with Crippen LogP contribution >= 0.6 is 0 Å². The number of hydrogen-bond acceptors (Lipinski definition) is 5. The number of primary amides is 1. The molecular formula is C13H18N4O3. The summed E-state index contributed by atoms with van der Waals surface area (Å²) in [5, 5.41) is 5.85. The molecule has 20 heavy (non-hydrogen) atoms. The average molecular weight is 278 g/mol. The van der Waals surface area contributed by atoms with Crippen molar-refractivity contribution < 1.29 is 14.3 Å². The molecule has 0 saturated carbocycles. The van der Waals surface area contributed by atoms with Gasteiger partial charge < -0.3 is 26.8 Å². The van der Waals surface area contributed by atoms with Gasteiger partial charge in [0.2, 0.25) is 5.91 Å². The molecule has 1 aromatic carbocycles. The van der Waals surface area contributed by atoms with Gasteiger partial charge in [-0.05, 0) is 19.9 Å². The summed E-state index contributed by atoms with van der Waals surface area (Å²) in [4.78, 5) is 22.3. The summed E-state index contributed by atoms with van der Waals surface area (Å²) in [6, 6.07) is 3.32. The van der Waals surface area contributed by atoms with Crippen molar-refractivity contribution in [2.45, 2.75) is 25.8 Å². The van der Waals surface area contributed by atoms with E-state index in [0.717, 1.165) is 0 Å². The first-order valence-electron chi connectivity index (χ1n) is 6.19. The van der Waals surface area contributed by atoms with E-state index in [0.29, 0.717) is 22.8 Å². The van der Waals surface area contributed by atoms with Crippen LogP contribution in [0.3, 0.4) is 0 Å². The largest absolute Gasteiger partial charge is 0.482 e. The second-order valence-corrected chi connectivity index (χ2v) is 5.42. The molecule has 7 nitrogen and oxygen atoms in total. The number of nitrogen functional groups attached to an aromatic ring is 1. The van der Waals surface area contributed by atoms with E-state index in [2.05, 4.69) is 10.6 Å². The van der Waals surface area contributed by atoms with Crippen molar-refractivity contribution in [2.75, 3.05) is 23.0 Å². The third-order valence-electron chi connectivity index (χ3n) is 2.87. The Balaban J connectivity index is 2.26. The molecule has 0 aliphatic carbocycles. The zero-order valence-corrected chi connectivity index (χ0v) is 11.4. The molecule has 0 aromatic heterocycles. The van der Waals surface area contributed by atoms with Crippen LogP contribution in [0.25, 0.3) is 0 Å². The van der Waals surface area contributed by atoms with Crippen LogP contribution in [0.4, 0.5) is 17.1 Å². The highest BCUT2D eigenvalue weighted by Crippen LogP contribution is 2.36. The lowest BCUT2D eigenvalue weighted by molar-refractivity contribution is -0.119. The maximum atomic E-state index is 11.3. The molecule has 2 rings (SSSR count). The SMILES string of the molecule is CC(C)(CC(N)=O)Nc1cc2c(cc1N)OCC(=O)N2. The molecule has 0 radical (unpaired) electrons. The van der Waals surface area contributed by atoms with Gasteiger partial charge in [-0.1, -0.05) is 0 Å². The fraction of sp³-hybridized carbons (Fsp3) is 0.385. The number of anilines is 3. The Morgan fingerprint density at radius 3 is 2.85 bits per heavy atom. The van der Waals surface area contributed by atoms with Gasteiger partial charge in [-0.25, -0.2) is 0 Å². The third-order valence-corrected chi connectivity index (χ3v) is 2.87. The van der Waals surface area contributed by atoms with Gasteiger partial charge in [-0.15, -0.1) is 0 Å². The highest BCUT2D eigenvalue weighted by atomic mass is 16.5. The van der Waals surface area contributed by atoms with E-state index in [1.54, 1.807) is 12.1 Å². The Bertz CT molecular complexity index is 569. The summed E-state index contributed by atoms with van der Waals surface area (Å²) >= 11 is 0. The Hall–Kier alpha value is -2.44. The predicted molar refractivity (Wildman–Crippen MR) is 76.5 cm³/mol. The topological polar surface area (TPSA) is 119 Å². The van der Waals surface area contributed by atoms with Crippen LogP contribution < -0.4 is 26.8 Å². The van der Waals surface area contributed by atoms with Crippen molar-refractivity contribution in [3.63, 3.8) is 0 Å². The van der Waals surface area contributed by atoms with Crippen molar-refractivity contribution in [3.05, 3.63) is 12.1 Å². The molecule has 6 N–H and O–H groups in total. The lowest BCUT2D eigenvalue weighted by Crippen LogP contribution is -2.36. The Morgan fingerprint density at radius 1 is 1.50 bits per heavy atom. The van der Waals surface area contributed by atoms with Crippen LogP contribution in [-0.2, 0) is 9.59 Å². The lowest BCUT2D eigenvalue weighted by Gasteiger charge is -2.28. The van der Waals surface area contributed by atoms with Crippen molar-refractivity contribution in [1.82, 2.24) is 0 Å². The molecular weight excluding hydrogens is 260 g/mol. The maximum absolute atomic E-state index is 11.3. The van der Waals surface area contributed by atoms with Gasteiger partial charge >= 0.3 is 0 Å². The number of nitrogens with two attached hydrogens (primary N) is 2. The van der Waals surface area contributed by atoms with Crippen molar-refractivity contribution in [1.29, 1.82) is 0 Å².